The predicted octanol–water partition coefficient (Wildman–Crippen LogP) is 4.62. The third kappa shape index (κ3) is 2.82. The topological polar surface area (TPSA) is 12.0 Å². The summed E-state index contributed by atoms with van der Waals surface area (Å²) in [6, 6.07) is 17.6. The minimum atomic E-state index is 0.558. The van der Waals surface area contributed by atoms with E-state index >= 15 is 0 Å². The Balaban J connectivity index is 1.98. The predicted molar refractivity (Wildman–Crippen MR) is 88.3 cm³/mol. The van der Waals surface area contributed by atoms with Crippen LogP contribution in [0.2, 0.25) is 0 Å². The van der Waals surface area contributed by atoms with Gasteiger partial charge in [-0.1, -0.05) is 52.3 Å². The molecule has 0 spiro atoms. The number of piperidine rings is 1. The summed E-state index contributed by atoms with van der Waals surface area (Å²) < 4.78 is 1.17. The van der Waals surface area contributed by atoms with E-state index in [-0.39, 0.29) is 0 Å². The molecule has 0 radical (unpaired) electrons. The molecule has 0 bridgehead atoms. The van der Waals surface area contributed by atoms with Crippen molar-refractivity contribution in [1.82, 2.24) is 5.32 Å². The van der Waals surface area contributed by atoms with Crippen LogP contribution in [0.25, 0.3) is 0 Å². The van der Waals surface area contributed by atoms with Gasteiger partial charge in [-0.25, -0.2) is 0 Å². The van der Waals surface area contributed by atoms with Crippen LogP contribution in [-0.2, 0) is 0 Å². The van der Waals surface area contributed by atoms with Crippen LogP contribution >= 0.6 is 15.9 Å². The Morgan fingerprint density at radius 2 is 1.90 bits per heavy atom. The van der Waals surface area contributed by atoms with Crippen LogP contribution < -0.4 is 5.32 Å². The van der Waals surface area contributed by atoms with Gasteiger partial charge in [0.2, 0.25) is 0 Å². The molecule has 0 saturated carbocycles. The molecule has 1 saturated heterocycles. The molecule has 2 aromatic rings. The minimum absolute atomic E-state index is 0.558. The summed E-state index contributed by atoms with van der Waals surface area (Å²) in [4.78, 5) is 0. The van der Waals surface area contributed by atoms with Gasteiger partial charge in [-0.2, -0.15) is 0 Å². The Bertz CT molecular complexity index is 593. The Hall–Kier alpha value is -1.12. The largest absolute Gasteiger partial charge is 0.316 e. The van der Waals surface area contributed by atoms with Gasteiger partial charge in [0.05, 0.1) is 0 Å². The molecule has 2 aromatic carbocycles. The molecular weight excluding hydrogens is 310 g/mol. The first-order chi connectivity index (χ1) is 9.75. The highest BCUT2D eigenvalue weighted by molar-refractivity contribution is 9.10. The normalized spacial score (nSPS) is 22.7. The number of hydrogen-bond donors (Lipinski definition) is 1. The van der Waals surface area contributed by atoms with Gasteiger partial charge in [0, 0.05) is 16.9 Å². The minimum Gasteiger partial charge on any atom is -0.316 e. The zero-order valence-corrected chi connectivity index (χ0v) is 13.4. The highest BCUT2D eigenvalue weighted by Crippen LogP contribution is 2.39. The molecule has 0 aliphatic carbocycles. The fourth-order valence-corrected chi connectivity index (χ4v) is 3.74. The lowest BCUT2D eigenvalue weighted by atomic mass is 9.76. The summed E-state index contributed by atoms with van der Waals surface area (Å²) >= 11 is 3.60. The average molecular weight is 330 g/mol. The maximum Gasteiger partial charge on any atom is 0.0178 e. The van der Waals surface area contributed by atoms with Gasteiger partial charge in [0.1, 0.15) is 0 Å². The van der Waals surface area contributed by atoms with Crippen molar-refractivity contribution in [2.75, 3.05) is 13.1 Å². The van der Waals surface area contributed by atoms with Crippen LogP contribution in [0.3, 0.4) is 0 Å². The van der Waals surface area contributed by atoms with Gasteiger partial charge in [0.25, 0.3) is 0 Å². The van der Waals surface area contributed by atoms with Gasteiger partial charge < -0.3 is 5.32 Å². The van der Waals surface area contributed by atoms with E-state index in [1.165, 1.54) is 27.6 Å². The molecule has 2 heteroatoms. The smallest absolute Gasteiger partial charge is 0.0178 e. The van der Waals surface area contributed by atoms with E-state index in [0.29, 0.717) is 11.8 Å². The molecule has 20 heavy (non-hydrogen) atoms. The van der Waals surface area contributed by atoms with E-state index in [4.69, 9.17) is 0 Å². The van der Waals surface area contributed by atoms with E-state index in [1.54, 1.807) is 0 Å². The third-order valence-corrected chi connectivity index (χ3v) is 4.84. The van der Waals surface area contributed by atoms with Crippen molar-refractivity contribution in [3.05, 3.63) is 69.7 Å². The first-order valence-electron chi connectivity index (χ1n) is 7.27. The van der Waals surface area contributed by atoms with Crippen molar-refractivity contribution in [3.8, 4) is 0 Å². The quantitative estimate of drug-likeness (QED) is 0.847. The van der Waals surface area contributed by atoms with Gasteiger partial charge in [-0.15, -0.1) is 0 Å². The molecule has 0 amide bonds. The summed E-state index contributed by atoms with van der Waals surface area (Å²) in [6.45, 7) is 4.41. The second-order valence-corrected chi connectivity index (χ2v) is 6.53. The number of nitrogens with one attached hydrogen (secondary N) is 1. The van der Waals surface area contributed by atoms with Crippen molar-refractivity contribution in [1.29, 1.82) is 0 Å². The highest BCUT2D eigenvalue weighted by Gasteiger charge is 2.28. The van der Waals surface area contributed by atoms with Crippen molar-refractivity contribution >= 4 is 15.9 Å². The van der Waals surface area contributed by atoms with Crippen LogP contribution in [0.4, 0.5) is 0 Å². The van der Waals surface area contributed by atoms with Crippen molar-refractivity contribution in [3.63, 3.8) is 0 Å². The van der Waals surface area contributed by atoms with Crippen LogP contribution in [0.5, 0.6) is 0 Å². The molecule has 0 aromatic heterocycles. The number of hydrogen-bond acceptors (Lipinski definition) is 1. The molecular formula is C18H20BrN. The Morgan fingerprint density at radius 1 is 1.05 bits per heavy atom. The molecule has 2 atom stereocenters. The number of halogens is 1. The molecule has 2 unspecified atom stereocenters. The Kier molecular flexibility index (Phi) is 4.23. The Morgan fingerprint density at radius 3 is 2.70 bits per heavy atom. The number of rotatable bonds is 2. The standard InChI is InChI=1S/C18H20BrN/c1-13-5-2-3-8-16(13)17-9-10-20-12-18(17)14-6-4-7-15(19)11-14/h2-8,11,17-18,20H,9-10,12H2,1H3. The summed E-state index contributed by atoms with van der Waals surface area (Å²) in [5, 5.41) is 3.56. The maximum absolute atomic E-state index is 3.60. The van der Waals surface area contributed by atoms with Gasteiger partial charge >= 0.3 is 0 Å². The molecule has 1 fully saturated rings. The average Bonchev–Trinajstić information content (AvgIpc) is 2.48. The summed E-state index contributed by atoms with van der Waals surface area (Å²) in [7, 11) is 0. The lowest BCUT2D eigenvalue weighted by Crippen LogP contribution is -2.34. The lowest BCUT2D eigenvalue weighted by Gasteiger charge is -2.34. The van der Waals surface area contributed by atoms with Crippen molar-refractivity contribution < 1.29 is 0 Å². The van der Waals surface area contributed by atoms with Crippen molar-refractivity contribution in [2.24, 2.45) is 0 Å². The molecule has 1 aliphatic heterocycles. The third-order valence-electron chi connectivity index (χ3n) is 4.35. The molecule has 1 heterocycles. The van der Waals surface area contributed by atoms with Crippen LogP contribution in [-0.4, -0.2) is 13.1 Å². The molecule has 3 rings (SSSR count). The molecule has 1 aliphatic rings. The van der Waals surface area contributed by atoms with E-state index in [1.807, 2.05) is 0 Å². The van der Waals surface area contributed by atoms with Crippen molar-refractivity contribution in [2.45, 2.75) is 25.2 Å². The van der Waals surface area contributed by atoms with E-state index < -0.39 is 0 Å². The lowest BCUT2D eigenvalue weighted by molar-refractivity contribution is 0.403. The first-order valence-corrected chi connectivity index (χ1v) is 8.06. The van der Waals surface area contributed by atoms with Gasteiger partial charge in [-0.05, 0) is 54.6 Å². The van der Waals surface area contributed by atoms with Crippen LogP contribution in [0.15, 0.2) is 53.0 Å². The SMILES string of the molecule is Cc1ccccc1C1CCNCC1c1cccc(Br)c1. The monoisotopic (exact) mass is 329 g/mol. The highest BCUT2D eigenvalue weighted by atomic mass is 79.9. The van der Waals surface area contributed by atoms with Gasteiger partial charge in [0.15, 0.2) is 0 Å². The molecule has 1 N–H and O–H groups in total. The fraction of sp³-hybridized carbons (Fsp3) is 0.333. The molecule has 104 valence electrons. The van der Waals surface area contributed by atoms with E-state index in [2.05, 4.69) is 76.7 Å². The molecule has 1 nitrogen and oxygen atoms in total. The summed E-state index contributed by atoms with van der Waals surface area (Å²) in [5.41, 5.74) is 4.36. The van der Waals surface area contributed by atoms with Crippen LogP contribution in [0, 0.1) is 6.92 Å². The second-order valence-electron chi connectivity index (χ2n) is 5.62. The van der Waals surface area contributed by atoms with E-state index in [9.17, 15) is 0 Å². The maximum atomic E-state index is 3.60. The Labute approximate surface area is 129 Å². The fourth-order valence-electron chi connectivity index (χ4n) is 3.32. The number of benzene rings is 2. The summed E-state index contributed by atoms with van der Waals surface area (Å²) in [5.74, 6) is 1.18. The van der Waals surface area contributed by atoms with E-state index in [0.717, 1.165) is 13.1 Å². The summed E-state index contributed by atoms with van der Waals surface area (Å²) in [6.07, 6.45) is 1.21. The first kappa shape index (κ1) is 13.8. The number of aryl methyl sites for hydroxylation is 1. The second kappa shape index (κ2) is 6.11. The van der Waals surface area contributed by atoms with Crippen LogP contribution in [0.1, 0.15) is 34.9 Å². The zero-order chi connectivity index (χ0) is 13.9. The zero-order valence-electron chi connectivity index (χ0n) is 11.8. The van der Waals surface area contributed by atoms with Gasteiger partial charge in [-0.3, -0.25) is 0 Å².